The van der Waals surface area contributed by atoms with E-state index in [2.05, 4.69) is 4.90 Å². The summed E-state index contributed by atoms with van der Waals surface area (Å²) in [6.07, 6.45) is 2.32. The quantitative estimate of drug-likeness (QED) is 0.838. The number of benzene rings is 1. The number of carbonyl (C=O) groups excluding carboxylic acids is 1. The summed E-state index contributed by atoms with van der Waals surface area (Å²) >= 11 is 0. The highest BCUT2D eigenvalue weighted by Gasteiger charge is 2.27. The van der Waals surface area contributed by atoms with E-state index in [9.17, 15) is 4.79 Å². The third-order valence-electron chi connectivity index (χ3n) is 3.17. The van der Waals surface area contributed by atoms with Crippen molar-refractivity contribution in [3.63, 3.8) is 0 Å². The van der Waals surface area contributed by atoms with Crippen molar-refractivity contribution in [2.45, 2.75) is 25.8 Å². The molecule has 1 aliphatic rings. The number of likely N-dealkylation sites (tertiary alicyclic amines) is 1. The standard InChI is InChI=1S/C13H18N2O/c1-10-4-6-11(7-5-10)12(13(14)16)15-8-2-3-9-15/h4-7,12H,2-3,8-9H2,1H3,(H2,14,16). The van der Waals surface area contributed by atoms with Crippen LogP contribution in [0.15, 0.2) is 24.3 Å². The van der Waals surface area contributed by atoms with Crippen LogP contribution in [0.1, 0.15) is 30.0 Å². The first-order valence-corrected chi connectivity index (χ1v) is 5.78. The fourth-order valence-electron chi connectivity index (χ4n) is 2.30. The Morgan fingerprint density at radius 1 is 1.25 bits per heavy atom. The second-order valence-corrected chi connectivity index (χ2v) is 4.46. The van der Waals surface area contributed by atoms with Crippen LogP contribution in [0.2, 0.25) is 0 Å². The van der Waals surface area contributed by atoms with Crippen molar-refractivity contribution in [3.8, 4) is 0 Å². The minimum atomic E-state index is -0.247. The second kappa shape index (κ2) is 4.66. The molecule has 0 spiro atoms. The van der Waals surface area contributed by atoms with Gasteiger partial charge in [-0.2, -0.15) is 0 Å². The van der Waals surface area contributed by atoms with Crippen molar-refractivity contribution in [1.29, 1.82) is 0 Å². The van der Waals surface area contributed by atoms with E-state index in [0.717, 1.165) is 31.5 Å². The Bertz CT molecular complexity index is 366. The third kappa shape index (κ3) is 2.25. The molecular weight excluding hydrogens is 200 g/mol. The molecule has 0 bridgehead atoms. The molecular formula is C13H18N2O. The first-order valence-electron chi connectivity index (χ1n) is 5.78. The summed E-state index contributed by atoms with van der Waals surface area (Å²) in [6, 6.07) is 7.82. The van der Waals surface area contributed by atoms with Gasteiger partial charge in [-0.3, -0.25) is 9.69 Å². The van der Waals surface area contributed by atoms with Crippen LogP contribution in [0.4, 0.5) is 0 Å². The first-order chi connectivity index (χ1) is 7.68. The minimum absolute atomic E-state index is 0.245. The fraction of sp³-hybridized carbons (Fsp3) is 0.462. The Hall–Kier alpha value is -1.35. The molecule has 16 heavy (non-hydrogen) atoms. The van der Waals surface area contributed by atoms with Gasteiger partial charge in [0.05, 0.1) is 0 Å². The van der Waals surface area contributed by atoms with E-state index in [4.69, 9.17) is 5.73 Å². The van der Waals surface area contributed by atoms with Crippen molar-refractivity contribution in [2.75, 3.05) is 13.1 Å². The van der Waals surface area contributed by atoms with Crippen LogP contribution in [0.5, 0.6) is 0 Å². The van der Waals surface area contributed by atoms with Gasteiger partial charge in [0.15, 0.2) is 0 Å². The average Bonchev–Trinajstić information content (AvgIpc) is 2.74. The largest absolute Gasteiger partial charge is 0.368 e. The Morgan fingerprint density at radius 2 is 1.81 bits per heavy atom. The Balaban J connectivity index is 2.24. The number of nitrogens with zero attached hydrogens (tertiary/aromatic N) is 1. The van der Waals surface area contributed by atoms with Crippen LogP contribution < -0.4 is 5.73 Å². The van der Waals surface area contributed by atoms with Gasteiger partial charge < -0.3 is 5.73 Å². The Labute approximate surface area is 96.2 Å². The van der Waals surface area contributed by atoms with Gasteiger partial charge in [0.1, 0.15) is 6.04 Å². The lowest BCUT2D eigenvalue weighted by Gasteiger charge is -2.24. The zero-order valence-corrected chi connectivity index (χ0v) is 9.65. The van der Waals surface area contributed by atoms with Crippen LogP contribution in [0, 0.1) is 6.92 Å². The molecule has 0 aromatic heterocycles. The minimum Gasteiger partial charge on any atom is -0.368 e. The maximum atomic E-state index is 11.6. The van der Waals surface area contributed by atoms with E-state index in [1.807, 2.05) is 31.2 Å². The monoisotopic (exact) mass is 218 g/mol. The number of primary amides is 1. The summed E-state index contributed by atoms with van der Waals surface area (Å²) in [4.78, 5) is 13.7. The number of amides is 1. The van der Waals surface area contributed by atoms with Crippen LogP contribution >= 0.6 is 0 Å². The zero-order chi connectivity index (χ0) is 11.5. The van der Waals surface area contributed by atoms with Crippen molar-refractivity contribution < 1.29 is 4.79 Å². The van der Waals surface area contributed by atoms with E-state index < -0.39 is 0 Å². The van der Waals surface area contributed by atoms with Crippen molar-refractivity contribution >= 4 is 5.91 Å². The maximum absolute atomic E-state index is 11.6. The van der Waals surface area contributed by atoms with Crippen LogP contribution in [0.3, 0.4) is 0 Å². The number of rotatable bonds is 3. The Kier molecular flexibility index (Phi) is 3.25. The maximum Gasteiger partial charge on any atom is 0.239 e. The number of hydrogen-bond acceptors (Lipinski definition) is 2. The molecule has 2 rings (SSSR count). The average molecular weight is 218 g/mol. The molecule has 3 heteroatoms. The lowest BCUT2D eigenvalue weighted by molar-refractivity contribution is -0.123. The van der Waals surface area contributed by atoms with Crippen molar-refractivity contribution in [3.05, 3.63) is 35.4 Å². The molecule has 1 unspecified atom stereocenters. The zero-order valence-electron chi connectivity index (χ0n) is 9.65. The van der Waals surface area contributed by atoms with Crippen molar-refractivity contribution in [2.24, 2.45) is 5.73 Å². The Morgan fingerprint density at radius 3 is 2.31 bits per heavy atom. The number of carbonyl (C=O) groups is 1. The molecule has 2 N–H and O–H groups in total. The molecule has 1 aromatic carbocycles. The lowest BCUT2D eigenvalue weighted by Crippen LogP contribution is -2.35. The van der Waals surface area contributed by atoms with Gasteiger partial charge in [0.25, 0.3) is 0 Å². The first kappa shape index (κ1) is 11.1. The van der Waals surface area contributed by atoms with Crippen LogP contribution in [-0.2, 0) is 4.79 Å². The molecule has 1 atom stereocenters. The van der Waals surface area contributed by atoms with Gasteiger partial charge >= 0.3 is 0 Å². The summed E-state index contributed by atoms with van der Waals surface area (Å²) in [5.74, 6) is -0.245. The third-order valence-corrected chi connectivity index (χ3v) is 3.17. The van der Waals surface area contributed by atoms with Crippen molar-refractivity contribution in [1.82, 2.24) is 4.90 Å². The smallest absolute Gasteiger partial charge is 0.239 e. The number of nitrogens with two attached hydrogens (primary N) is 1. The lowest BCUT2D eigenvalue weighted by atomic mass is 10.0. The predicted octanol–water partition coefficient (Wildman–Crippen LogP) is 1.62. The van der Waals surface area contributed by atoms with Gasteiger partial charge in [0, 0.05) is 0 Å². The summed E-state index contributed by atoms with van der Waals surface area (Å²) in [5, 5.41) is 0. The van der Waals surface area contributed by atoms with Gasteiger partial charge in [-0.15, -0.1) is 0 Å². The number of hydrogen-bond donors (Lipinski definition) is 1. The molecule has 86 valence electrons. The van der Waals surface area contributed by atoms with Crippen LogP contribution in [-0.4, -0.2) is 23.9 Å². The summed E-state index contributed by atoms with van der Waals surface area (Å²) in [7, 11) is 0. The molecule has 1 heterocycles. The van der Waals surface area contributed by atoms with E-state index in [1.165, 1.54) is 5.56 Å². The predicted molar refractivity (Wildman–Crippen MR) is 63.9 cm³/mol. The van der Waals surface area contributed by atoms with Gasteiger partial charge in [-0.1, -0.05) is 29.8 Å². The molecule has 1 aromatic rings. The van der Waals surface area contributed by atoms with Gasteiger partial charge in [0.2, 0.25) is 5.91 Å². The normalized spacial score (nSPS) is 18.6. The summed E-state index contributed by atoms with van der Waals surface area (Å²) < 4.78 is 0. The molecule has 0 aliphatic carbocycles. The molecule has 0 saturated carbocycles. The molecule has 1 aliphatic heterocycles. The highest BCUT2D eigenvalue weighted by molar-refractivity contribution is 5.81. The summed E-state index contributed by atoms with van der Waals surface area (Å²) in [5.41, 5.74) is 7.72. The summed E-state index contributed by atoms with van der Waals surface area (Å²) in [6.45, 7) is 3.99. The van der Waals surface area contributed by atoms with Gasteiger partial charge in [-0.25, -0.2) is 0 Å². The van der Waals surface area contributed by atoms with E-state index >= 15 is 0 Å². The highest BCUT2D eigenvalue weighted by Crippen LogP contribution is 2.24. The van der Waals surface area contributed by atoms with Crippen LogP contribution in [0.25, 0.3) is 0 Å². The fourth-order valence-corrected chi connectivity index (χ4v) is 2.30. The molecule has 0 radical (unpaired) electrons. The van der Waals surface area contributed by atoms with E-state index in [1.54, 1.807) is 0 Å². The topological polar surface area (TPSA) is 46.3 Å². The number of aryl methyl sites for hydroxylation is 1. The molecule has 1 fully saturated rings. The molecule has 1 saturated heterocycles. The SMILES string of the molecule is Cc1ccc(C(C(N)=O)N2CCCC2)cc1. The van der Waals surface area contributed by atoms with Gasteiger partial charge in [-0.05, 0) is 38.4 Å². The molecule has 3 nitrogen and oxygen atoms in total. The second-order valence-electron chi connectivity index (χ2n) is 4.46. The molecule has 1 amide bonds. The van der Waals surface area contributed by atoms with E-state index in [-0.39, 0.29) is 11.9 Å². The highest BCUT2D eigenvalue weighted by atomic mass is 16.1. The van der Waals surface area contributed by atoms with E-state index in [0.29, 0.717) is 0 Å².